The summed E-state index contributed by atoms with van der Waals surface area (Å²) in [7, 11) is 0. The van der Waals surface area contributed by atoms with Crippen LogP contribution in [-0.4, -0.2) is 18.8 Å². The molecule has 108 valence electrons. The molecule has 0 radical (unpaired) electrons. The molecule has 1 heterocycles. The van der Waals surface area contributed by atoms with Crippen molar-refractivity contribution in [1.82, 2.24) is 0 Å². The zero-order valence-corrected chi connectivity index (χ0v) is 12.8. The fraction of sp³-hybridized carbons (Fsp3) is 0.750. The van der Waals surface area contributed by atoms with Crippen LogP contribution in [0.4, 0.5) is 0 Å². The highest BCUT2D eigenvalue weighted by Crippen LogP contribution is 2.30. The fourth-order valence-corrected chi connectivity index (χ4v) is 3.90. The molecule has 1 aromatic rings. The average molecular weight is 281 g/mol. The molecule has 2 nitrogen and oxygen atoms in total. The maximum atomic E-state index is 6.43. The van der Waals surface area contributed by atoms with E-state index in [1.54, 1.807) is 11.3 Å². The summed E-state index contributed by atoms with van der Waals surface area (Å²) in [5, 5.41) is 4.37. The van der Waals surface area contributed by atoms with Crippen LogP contribution in [0.15, 0.2) is 16.8 Å². The molecule has 0 spiro atoms. The van der Waals surface area contributed by atoms with Gasteiger partial charge in [-0.25, -0.2) is 0 Å². The zero-order valence-electron chi connectivity index (χ0n) is 12.0. The van der Waals surface area contributed by atoms with E-state index in [9.17, 15) is 0 Å². The van der Waals surface area contributed by atoms with Gasteiger partial charge in [0.05, 0.1) is 6.10 Å². The lowest BCUT2D eigenvalue weighted by atomic mass is 9.81. The Bertz CT molecular complexity index is 333. The lowest BCUT2D eigenvalue weighted by Gasteiger charge is -2.34. The summed E-state index contributed by atoms with van der Waals surface area (Å²) >= 11 is 1.77. The van der Waals surface area contributed by atoms with Crippen LogP contribution in [0.1, 0.15) is 51.0 Å². The van der Waals surface area contributed by atoms with Crippen LogP contribution in [0.25, 0.3) is 0 Å². The summed E-state index contributed by atoms with van der Waals surface area (Å²) in [5.41, 5.74) is 7.85. The number of thiophene rings is 1. The number of nitrogens with two attached hydrogens (primary N) is 1. The van der Waals surface area contributed by atoms with Crippen molar-refractivity contribution in [3.8, 4) is 0 Å². The van der Waals surface area contributed by atoms with Gasteiger partial charge in [-0.1, -0.05) is 19.3 Å². The van der Waals surface area contributed by atoms with Gasteiger partial charge < -0.3 is 10.5 Å². The third-order valence-corrected chi connectivity index (χ3v) is 4.97. The van der Waals surface area contributed by atoms with Gasteiger partial charge in [0.2, 0.25) is 0 Å². The minimum Gasteiger partial charge on any atom is -0.377 e. The Kier molecular flexibility index (Phi) is 6.35. The summed E-state index contributed by atoms with van der Waals surface area (Å²) < 4.78 is 5.99. The molecule has 0 amide bonds. The Balaban J connectivity index is 1.85. The molecule has 19 heavy (non-hydrogen) atoms. The van der Waals surface area contributed by atoms with Crippen LogP contribution in [0.2, 0.25) is 0 Å². The predicted octanol–water partition coefficient (Wildman–Crippen LogP) is 3.99. The number of ether oxygens (including phenoxy) is 1. The van der Waals surface area contributed by atoms with Crippen LogP contribution in [0.5, 0.6) is 0 Å². The first kappa shape index (κ1) is 15.0. The molecule has 1 aromatic heterocycles. The van der Waals surface area contributed by atoms with Crippen molar-refractivity contribution in [2.24, 2.45) is 11.7 Å². The van der Waals surface area contributed by atoms with Crippen LogP contribution < -0.4 is 5.73 Å². The molecule has 1 fully saturated rings. The first-order chi connectivity index (χ1) is 9.31. The summed E-state index contributed by atoms with van der Waals surface area (Å²) in [4.78, 5) is 0. The molecule has 2 N–H and O–H groups in total. The van der Waals surface area contributed by atoms with E-state index in [4.69, 9.17) is 10.5 Å². The van der Waals surface area contributed by atoms with Crippen molar-refractivity contribution in [1.29, 1.82) is 0 Å². The molecule has 1 aliphatic carbocycles. The lowest BCUT2D eigenvalue weighted by molar-refractivity contribution is -0.0107. The smallest absolute Gasteiger partial charge is 0.0753 e. The number of hydrogen-bond donors (Lipinski definition) is 1. The summed E-state index contributed by atoms with van der Waals surface area (Å²) in [6.45, 7) is 2.87. The van der Waals surface area contributed by atoms with Crippen LogP contribution in [0.3, 0.4) is 0 Å². The third-order valence-electron chi connectivity index (χ3n) is 4.24. The Morgan fingerprint density at radius 2 is 2.16 bits per heavy atom. The van der Waals surface area contributed by atoms with Crippen LogP contribution in [-0.2, 0) is 11.2 Å². The van der Waals surface area contributed by atoms with Gasteiger partial charge in [0, 0.05) is 12.6 Å². The van der Waals surface area contributed by atoms with Crippen molar-refractivity contribution in [3.63, 3.8) is 0 Å². The zero-order chi connectivity index (χ0) is 13.5. The summed E-state index contributed by atoms with van der Waals surface area (Å²) in [5.74, 6) is 0.686. The molecule has 1 saturated carbocycles. The number of rotatable bonds is 7. The van der Waals surface area contributed by atoms with Crippen molar-refractivity contribution in [2.45, 2.75) is 64.0 Å². The SMILES string of the molecule is CCOC(C(N)CCc1ccsc1)C1CCCCC1. The molecule has 2 atom stereocenters. The third kappa shape index (κ3) is 4.59. The second-order valence-electron chi connectivity index (χ2n) is 5.65. The molecule has 0 bridgehead atoms. The summed E-state index contributed by atoms with van der Waals surface area (Å²) in [6, 6.07) is 2.39. The molecule has 1 aliphatic rings. The maximum Gasteiger partial charge on any atom is 0.0753 e. The monoisotopic (exact) mass is 281 g/mol. The minimum atomic E-state index is 0.183. The van der Waals surface area contributed by atoms with E-state index in [-0.39, 0.29) is 12.1 Å². The van der Waals surface area contributed by atoms with Crippen LogP contribution >= 0.6 is 11.3 Å². The second kappa shape index (κ2) is 8.03. The highest BCUT2D eigenvalue weighted by Gasteiger charge is 2.28. The molecule has 0 aliphatic heterocycles. The second-order valence-corrected chi connectivity index (χ2v) is 6.43. The fourth-order valence-electron chi connectivity index (χ4n) is 3.20. The minimum absolute atomic E-state index is 0.183. The normalized spacial score (nSPS) is 20.3. The van der Waals surface area contributed by atoms with Gasteiger partial charge in [-0.2, -0.15) is 11.3 Å². The van der Waals surface area contributed by atoms with Gasteiger partial charge in [-0.15, -0.1) is 0 Å². The topological polar surface area (TPSA) is 35.2 Å². The van der Waals surface area contributed by atoms with E-state index in [1.807, 2.05) is 0 Å². The van der Waals surface area contributed by atoms with Gasteiger partial charge in [0.25, 0.3) is 0 Å². The molecular weight excluding hydrogens is 254 g/mol. The Morgan fingerprint density at radius 3 is 2.79 bits per heavy atom. The van der Waals surface area contributed by atoms with E-state index < -0.39 is 0 Å². The quantitative estimate of drug-likeness (QED) is 0.820. The molecule has 2 rings (SSSR count). The van der Waals surface area contributed by atoms with Crippen molar-refractivity contribution >= 4 is 11.3 Å². The Morgan fingerprint density at radius 1 is 1.37 bits per heavy atom. The van der Waals surface area contributed by atoms with E-state index in [0.717, 1.165) is 19.4 Å². The first-order valence-corrected chi connectivity index (χ1v) is 8.63. The lowest BCUT2D eigenvalue weighted by Crippen LogP contribution is -2.43. The maximum absolute atomic E-state index is 6.43. The molecule has 0 aromatic carbocycles. The van der Waals surface area contributed by atoms with Gasteiger partial charge in [0.15, 0.2) is 0 Å². The van der Waals surface area contributed by atoms with E-state index in [1.165, 1.54) is 37.7 Å². The first-order valence-electron chi connectivity index (χ1n) is 7.69. The largest absolute Gasteiger partial charge is 0.377 e. The van der Waals surface area contributed by atoms with E-state index in [0.29, 0.717) is 5.92 Å². The van der Waals surface area contributed by atoms with Gasteiger partial charge >= 0.3 is 0 Å². The van der Waals surface area contributed by atoms with Gasteiger partial charge in [-0.05, 0) is 60.9 Å². The molecule has 0 saturated heterocycles. The van der Waals surface area contributed by atoms with Crippen molar-refractivity contribution in [3.05, 3.63) is 22.4 Å². The average Bonchev–Trinajstić information content (AvgIpc) is 2.96. The molecular formula is C16H27NOS. The number of aryl methyl sites for hydroxylation is 1. The van der Waals surface area contributed by atoms with Gasteiger partial charge in [0.1, 0.15) is 0 Å². The van der Waals surface area contributed by atoms with E-state index >= 15 is 0 Å². The van der Waals surface area contributed by atoms with Crippen LogP contribution in [0, 0.1) is 5.92 Å². The number of hydrogen-bond acceptors (Lipinski definition) is 3. The highest BCUT2D eigenvalue weighted by molar-refractivity contribution is 7.07. The Hall–Kier alpha value is -0.380. The van der Waals surface area contributed by atoms with Gasteiger partial charge in [-0.3, -0.25) is 0 Å². The van der Waals surface area contributed by atoms with Crippen molar-refractivity contribution < 1.29 is 4.74 Å². The standard InChI is InChI=1S/C16H27NOS/c1-2-18-16(14-6-4-3-5-7-14)15(17)9-8-13-10-11-19-12-13/h10-12,14-16H,2-9,17H2,1H3. The van der Waals surface area contributed by atoms with Crippen molar-refractivity contribution in [2.75, 3.05) is 6.61 Å². The Labute approximate surface area is 121 Å². The van der Waals surface area contributed by atoms with E-state index in [2.05, 4.69) is 23.8 Å². The predicted molar refractivity (Wildman–Crippen MR) is 82.6 cm³/mol. The molecule has 2 unspecified atom stereocenters. The molecule has 3 heteroatoms. The highest BCUT2D eigenvalue weighted by atomic mass is 32.1. The summed E-state index contributed by atoms with van der Waals surface area (Å²) in [6.07, 6.45) is 9.09.